The molecule has 4 heteroatoms. The van der Waals surface area contributed by atoms with Crippen LogP contribution in [-0.4, -0.2) is 62.8 Å². The van der Waals surface area contributed by atoms with E-state index >= 15 is 0 Å². The maximum Gasteiger partial charge on any atom is -0.0149 e. The first-order valence-corrected chi connectivity index (χ1v) is 0. The van der Waals surface area contributed by atoms with Crippen LogP contribution in [0.3, 0.4) is 0 Å². The zero-order valence-electron chi connectivity index (χ0n) is 0. The van der Waals surface area contributed by atoms with E-state index in [-0.39, 0.29) is 62.8 Å². The topological polar surface area (TPSA) is 0 Å². The maximum absolute atomic E-state index is 0. The molecule has 0 rings (SSSR count). The summed E-state index contributed by atoms with van der Waals surface area (Å²) in [6.07, 6.45) is 0. The van der Waals surface area contributed by atoms with E-state index in [1.807, 2.05) is 0 Å². The Kier molecular flexibility index (Phi) is 244. The summed E-state index contributed by atoms with van der Waals surface area (Å²) in [4.78, 5) is 0. The van der Waals surface area contributed by atoms with Crippen LogP contribution in [0.25, 0.3) is 0 Å². The Bertz CT molecular complexity index is 8.00. The summed E-state index contributed by atoms with van der Waals surface area (Å²) in [7, 11) is 0. The largest absolute Gasteiger partial charge is 0.0149 e. The first-order chi connectivity index (χ1) is 0. The molecule has 0 atom stereocenters. The average Bonchev–Trinajstić information content (AvgIpc) is 0. The van der Waals surface area contributed by atoms with Crippen LogP contribution in [0.4, 0.5) is 0 Å². The van der Waals surface area contributed by atoms with Crippen molar-refractivity contribution in [2.24, 2.45) is 0 Å². The molecule has 0 amide bonds. The first kappa shape index (κ1) is 43.7. The summed E-state index contributed by atoms with van der Waals surface area (Å²) >= 11 is 0. The van der Waals surface area contributed by atoms with Crippen molar-refractivity contribution in [1.82, 2.24) is 0 Å². The van der Waals surface area contributed by atoms with Gasteiger partial charge in [-0.15, -0.1) is 0 Å². The smallest absolute Gasteiger partial charge is 0.0149 e. The van der Waals surface area contributed by atoms with Gasteiger partial charge in [0.25, 0.3) is 0 Å². The predicted octanol–water partition coefficient (Wildman–Crippen LogP) is -5.27. The van der Waals surface area contributed by atoms with Gasteiger partial charge in [0.2, 0.25) is 0 Å². The Morgan fingerprint density at radius 1 is 1.00 bits per heavy atom. The Hall–Kier alpha value is 1.69. The van der Waals surface area contributed by atoms with Crippen LogP contribution in [0.15, 0.2) is 0 Å². The van der Waals surface area contributed by atoms with Crippen LogP contribution < -0.4 is 0 Å². The van der Waals surface area contributed by atoms with Crippen molar-refractivity contribution in [3.8, 4) is 0 Å². The van der Waals surface area contributed by atoms with Crippen molar-refractivity contribution < 1.29 is 0 Å². The maximum atomic E-state index is 0. The standard InChI is InChI=1S/BH3.GeH4.In.H4Si.3H/h1H3;1H4;;1H4;;;. The van der Waals surface area contributed by atoms with Gasteiger partial charge in [-0.25, -0.2) is 0 Å². The van der Waals surface area contributed by atoms with Crippen molar-refractivity contribution in [3.05, 3.63) is 0 Å². The van der Waals surface area contributed by atoms with E-state index < -0.39 is 0 Å². The molecule has 0 aliphatic carbocycles. The van der Waals surface area contributed by atoms with Crippen LogP contribution in [0.2, 0.25) is 0 Å². The van der Waals surface area contributed by atoms with Crippen molar-refractivity contribution in [2.45, 2.75) is 0 Å². The molecule has 0 bridgehead atoms. The molecular weight excluding hydrogens is 226 g/mol. The van der Waals surface area contributed by atoms with Crippen molar-refractivity contribution >= 4 is 62.8 Å². The van der Waals surface area contributed by atoms with Gasteiger partial charge in [-0.1, -0.05) is 0 Å². The second-order valence-electron chi connectivity index (χ2n) is 0. The summed E-state index contributed by atoms with van der Waals surface area (Å²) in [5.74, 6) is 0. The summed E-state index contributed by atoms with van der Waals surface area (Å²) in [6.45, 7) is 0. The van der Waals surface area contributed by atoms with Crippen LogP contribution in [-0.2, 0) is 0 Å². The van der Waals surface area contributed by atoms with Crippen LogP contribution in [0.1, 0.15) is 0 Å². The van der Waals surface area contributed by atoms with Crippen molar-refractivity contribution in [1.29, 1.82) is 0 Å². The van der Waals surface area contributed by atoms with Gasteiger partial charge in [0.15, 0.2) is 0 Å². The van der Waals surface area contributed by atoms with Crippen molar-refractivity contribution in [2.75, 3.05) is 0 Å². The fraction of sp³-hybridized carbons (Fsp3) is 0. The molecule has 0 saturated heterocycles. The van der Waals surface area contributed by atoms with Crippen LogP contribution >= 0.6 is 0 Å². The minimum Gasteiger partial charge on any atom is -0.0149 e. The minimum atomic E-state index is 0. The Morgan fingerprint density at radius 3 is 1.00 bits per heavy atom. The molecule has 0 nitrogen and oxygen atoms in total. The molecule has 0 saturated carbocycles. The van der Waals surface area contributed by atoms with Gasteiger partial charge in [-0.3, -0.25) is 0 Å². The third kappa shape index (κ3) is 9.34. The molecule has 4 heavy (non-hydrogen) atoms. The molecule has 0 fully saturated rings. The second kappa shape index (κ2) is 22.3. The van der Waals surface area contributed by atoms with E-state index in [1.54, 1.807) is 0 Å². The van der Waals surface area contributed by atoms with Gasteiger partial charge < -0.3 is 0 Å². The van der Waals surface area contributed by atoms with E-state index in [0.29, 0.717) is 0 Å². The molecule has 0 aromatic carbocycles. The number of hydrogen-bond donors (Lipinski definition) is 0. The Morgan fingerprint density at radius 2 is 1.00 bits per heavy atom. The average molecular weight is 240 g/mol. The van der Waals surface area contributed by atoms with Crippen LogP contribution in [0.5, 0.6) is 0 Å². The van der Waals surface area contributed by atoms with Gasteiger partial charge in [-0.2, -0.15) is 0 Å². The first-order valence-electron chi connectivity index (χ1n) is 0. The zero-order chi connectivity index (χ0) is 0. The predicted molar refractivity (Wildman–Crippen MR) is 42.5 cm³/mol. The molecule has 0 aromatic rings. The molecular formula is H14BGeInSi. The quantitative estimate of drug-likeness (QED) is 0.371. The number of hydrogen-bond acceptors (Lipinski definition) is 0. The van der Waals surface area contributed by atoms with Gasteiger partial charge in [-0.05, 0) is 11.0 Å². The summed E-state index contributed by atoms with van der Waals surface area (Å²) in [5, 5.41) is 0. The molecule has 0 heterocycles. The van der Waals surface area contributed by atoms with Gasteiger partial charge in [0.1, 0.15) is 0 Å². The van der Waals surface area contributed by atoms with Crippen LogP contribution in [0, 0.1) is 0 Å². The molecule has 0 spiro atoms. The minimum absolute atomic E-state index is 0. The molecule has 0 N–H and O–H groups in total. The Labute approximate surface area is 62.5 Å². The normalized spacial score (nSPS) is 0. The van der Waals surface area contributed by atoms with E-state index in [4.69, 9.17) is 0 Å². The summed E-state index contributed by atoms with van der Waals surface area (Å²) in [5.41, 5.74) is 0. The molecule has 0 aromatic heterocycles. The van der Waals surface area contributed by atoms with Gasteiger partial charge >= 0.3 is 43.4 Å². The van der Waals surface area contributed by atoms with Gasteiger partial charge in [0, 0.05) is 0 Å². The van der Waals surface area contributed by atoms with E-state index in [0.717, 1.165) is 0 Å². The monoisotopic (exact) mass is 242 g/mol. The molecule has 0 aliphatic rings. The second-order valence-corrected chi connectivity index (χ2v) is 0. The number of rotatable bonds is 0. The fourth-order valence-electron chi connectivity index (χ4n) is 0. The zero-order valence-corrected chi connectivity index (χ0v) is 0. The Balaban J connectivity index is 0. The summed E-state index contributed by atoms with van der Waals surface area (Å²) in [6, 6.07) is 0. The molecule has 0 radical (unpaired) electrons. The van der Waals surface area contributed by atoms with E-state index in [1.165, 1.54) is 0 Å². The van der Waals surface area contributed by atoms with Gasteiger partial charge in [0.05, 0.1) is 8.41 Å². The third-order valence-electron chi connectivity index (χ3n) is 0. The molecule has 0 unspecified atom stereocenters. The third-order valence-corrected chi connectivity index (χ3v) is 0. The molecule has 0 aliphatic heterocycles. The van der Waals surface area contributed by atoms with E-state index in [9.17, 15) is 0 Å². The summed E-state index contributed by atoms with van der Waals surface area (Å²) < 4.78 is 0. The van der Waals surface area contributed by atoms with E-state index in [2.05, 4.69) is 0 Å². The fourth-order valence-corrected chi connectivity index (χ4v) is 0. The van der Waals surface area contributed by atoms with Crippen molar-refractivity contribution in [3.63, 3.8) is 0 Å². The SMILES string of the molecule is B.[GeH4].[InH3].[SiH4]. The molecule has 28 valence electrons.